The fourth-order valence-corrected chi connectivity index (χ4v) is 3.13. The summed E-state index contributed by atoms with van der Waals surface area (Å²) in [6.45, 7) is 2.45. The molecule has 28 heavy (non-hydrogen) atoms. The van der Waals surface area contributed by atoms with Crippen molar-refractivity contribution >= 4 is 5.91 Å². The Labute approximate surface area is 165 Å². The molecule has 0 spiro atoms. The van der Waals surface area contributed by atoms with E-state index in [1.54, 1.807) is 12.1 Å². The average molecular weight is 376 g/mol. The van der Waals surface area contributed by atoms with Crippen LogP contribution in [0.4, 0.5) is 4.39 Å². The molecule has 0 aromatic heterocycles. The number of likely N-dealkylation sites (N-methyl/N-ethyl adjacent to an activating group) is 1. The number of halogens is 1. The summed E-state index contributed by atoms with van der Waals surface area (Å²) in [6, 6.07) is 25.7. The maximum atomic E-state index is 13.1. The number of hydrogen-bond donors (Lipinski definition) is 1. The van der Waals surface area contributed by atoms with Crippen molar-refractivity contribution in [2.75, 3.05) is 7.05 Å². The predicted molar refractivity (Wildman–Crippen MR) is 110 cm³/mol. The van der Waals surface area contributed by atoms with Gasteiger partial charge in [-0.3, -0.25) is 9.69 Å². The lowest BCUT2D eigenvalue weighted by Crippen LogP contribution is -2.44. The zero-order chi connectivity index (χ0) is 19.9. The molecule has 0 aliphatic carbocycles. The maximum absolute atomic E-state index is 13.1. The molecule has 0 bridgehead atoms. The number of carbonyl (C=O) groups excluding carboxylic acids is 1. The number of nitrogens with one attached hydrogen (secondary N) is 1. The number of hydrogen-bond acceptors (Lipinski definition) is 2. The number of amides is 1. The first kappa shape index (κ1) is 19.8. The number of carbonyl (C=O) groups is 1. The number of rotatable bonds is 7. The first-order valence-corrected chi connectivity index (χ1v) is 9.39. The van der Waals surface area contributed by atoms with Crippen LogP contribution in [0.3, 0.4) is 0 Å². The van der Waals surface area contributed by atoms with Gasteiger partial charge in [0.15, 0.2) is 0 Å². The smallest absolute Gasteiger partial charge is 0.237 e. The Morgan fingerprint density at radius 2 is 1.39 bits per heavy atom. The Balaban J connectivity index is 1.73. The first-order chi connectivity index (χ1) is 13.5. The number of benzene rings is 3. The zero-order valence-electron chi connectivity index (χ0n) is 16.2. The Kier molecular flexibility index (Phi) is 6.56. The standard InChI is InChI=1S/C24H25FN2O/c1-18(27(2)17-19-13-15-22(25)16-14-19)24(28)26-23(20-9-5-3-6-10-20)21-11-7-4-8-12-21/h3-16,18,23H,17H2,1-2H3,(H,26,28)/t18-/m1/s1. The molecule has 1 atom stereocenters. The first-order valence-electron chi connectivity index (χ1n) is 9.39. The Hall–Kier alpha value is -2.98. The van der Waals surface area contributed by atoms with Gasteiger partial charge in [0.25, 0.3) is 0 Å². The summed E-state index contributed by atoms with van der Waals surface area (Å²) in [5.74, 6) is -0.312. The molecule has 0 heterocycles. The lowest BCUT2D eigenvalue weighted by atomic mass is 9.98. The molecule has 1 amide bonds. The van der Waals surface area contributed by atoms with Crippen LogP contribution >= 0.6 is 0 Å². The van der Waals surface area contributed by atoms with Gasteiger partial charge < -0.3 is 5.32 Å². The van der Waals surface area contributed by atoms with E-state index in [1.165, 1.54) is 12.1 Å². The maximum Gasteiger partial charge on any atom is 0.237 e. The van der Waals surface area contributed by atoms with Crippen LogP contribution in [-0.4, -0.2) is 23.9 Å². The van der Waals surface area contributed by atoms with Gasteiger partial charge in [-0.15, -0.1) is 0 Å². The van der Waals surface area contributed by atoms with Crippen LogP contribution in [0.2, 0.25) is 0 Å². The van der Waals surface area contributed by atoms with Crippen molar-refractivity contribution < 1.29 is 9.18 Å². The van der Waals surface area contributed by atoms with Gasteiger partial charge in [0, 0.05) is 6.54 Å². The molecule has 3 nitrogen and oxygen atoms in total. The van der Waals surface area contributed by atoms with Crippen LogP contribution in [0.1, 0.15) is 29.7 Å². The van der Waals surface area contributed by atoms with E-state index in [-0.39, 0.29) is 23.8 Å². The van der Waals surface area contributed by atoms with Gasteiger partial charge in [-0.1, -0.05) is 72.8 Å². The largest absolute Gasteiger partial charge is 0.344 e. The lowest BCUT2D eigenvalue weighted by Gasteiger charge is -2.27. The SMILES string of the molecule is C[C@H](C(=O)NC(c1ccccc1)c1ccccc1)N(C)Cc1ccc(F)cc1. The van der Waals surface area contributed by atoms with E-state index in [1.807, 2.05) is 79.5 Å². The molecule has 144 valence electrons. The highest BCUT2D eigenvalue weighted by Gasteiger charge is 2.23. The van der Waals surface area contributed by atoms with Crippen LogP contribution in [0.25, 0.3) is 0 Å². The van der Waals surface area contributed by atoms with E-state index in [0.29, 0.717) is 6.54 Å². The summed E-state index contributed by atoms with van der Waals surface area (Å²) in [6.07, 6.45) is 0. The Bertz CT molecular complexity index is 842. The average Bonchev–Trinajstić information content (AvgIpc) is 2.74. The highest BCUT2D eigenvalue weighted by molar-refractivity contribution is 5.82. The fourth-order valence-electron chi connectivity index (χ4n) is 3.13. The highest BCUT2D eigenvalue weighted by atomic mass is 19.1. The van der Waals surface area contributed by atoms with Crippen molar-refractivity contribution in [2.45, 2.75) is 25.6 Å². The second kappa shape index (κ2) is 9.29. The monoisotopic (exact) mass is 376 g/mol. The van der Waals surface area contributed by atoms with Gasteiger partial charge >= 0.3 is 0 Å². The van der Waals surface area contributed by atoms with E-state index < -0.39 is 0 Å². The fraction of sp³-hybridized carbons (Fsp3) is 0.208. The molecule has 3 aromatic carbocycles. The Morgan fingerprint density at radius 1 is 0.893 bits per heavy atom. The molecule has 0 saturated carbocycles. The quantitative estimate of drug-likeness (QED) is 0.656. The third kappa shape index (κ3) is 5.05. The summed E-state index contributed by atoms with van der Waals surface area (Å²) in [5, 5.41) is 3.18. The van der Waals surface area contributed by atoms with Crippen molar-refractivity contribution in [3.8, 4) is 0 Å². The van der Waals surface area contributed by atoms with Gasteiger partial charge in [0.1, 0.15) is 5.82 Å². The van der Waals surface area contributed by atoms with Gasteiger partial charge in [0.05, 0.1) is 12.1 Å². The molecule has 3 aromatic rings. The summed E-state index contributed by atoms with van der Waals surface area (Å²) in [5.41, 5.74) is 3.04. The predicted octanol–water partition coefficient (Wildman–Crippen LogP) is 4.55. The van der Waals surface area contributed by atoms with E-state index in [0.717, 1.165) is 16.7 Å². The van der Waals surface area contributed by atoms with Crippen LogP contribution in [-0.2, 0) is 11.3 Å². The molecule has 4 heteroatoms. The number of nitrogens with zero attached hydrogens (tertiary/aromatic N) is 1. The topological polar surface area (TPSA) is 32.3 Å². The summed E-state index contributed by atoms with van der Waals surface area (Å²) in [4.78, 5) is 14.9. The van der Waals surface area contributed by atoms with Gasteiger partial charge in [-0.25, -0.2) is 4.39 Å². The van der Waals surface area contributed by atoms with Crippen molar-refractivity contribution in [1.29, 1.82) is 0 Å². The third-order valence-electron chi connectivity index (χ3n) is 4.94. The van der Waals surface area contributed by atoms with Crippen LogP contribution in [0, 0.1) is 5.82 Å². The molecule has 0 radical (unpaired) electrons. The van der Waals surface area contributed by atoms with E-state index in [2.05, 4.69) is 5.32 Å². The van der Waals surface area contributed by atoms with Crippen molar-refractivity contribution in [1.82, 2.24) is 10.2 Å². The van der Waals surface area contributed by atoms with Crippen molar-refractivity contribution in [2.24, 2.45) is 0 Å². The minimum atomic E-state index is -0.333. The molecule has 0 unspecified atom stereocenters. The molecule has 1 N–H and O–H groups in total. The van der Waals surface area contributed by atoms with Crippen LogP contribution in [0.5, 0.6) is 0 Å². The van der Waals surface area contributed by atoms with Gasteiger partial charge in [0.2, 0.25) is 5.91 Å². The molecule has 0 aliphatic heterocycles. The molecular formula is C24H25FN2O. The van der Waals surface area contributed by atoms with Crippen LogP contribution in [0.15, 0.2) is 84.9 Å². The highest BCUT2D eigenvalue weighted by Crippen LogP contribution is 2.22. The summed E-state index contributed by atoms with van der Waals surface area (Å²) >= 11 is 0. The van der Waals surface area contributed by atoms with E-state index >= 15 is 0 Å². The lowest BCUT2D eigenvalue weighted by molar-refractivity contribution is -0.126. The normalized spacial score (nSPS) is 12.2. The minimum absolute atomic E-state index is 0.0534. The van der Waals surface area contributed by atoms with E-state index in [9.17, 15) is 9.18 Å². The van der Waals surface area contributed by atoms with E-state index in [4.69, 9.17) is 0 Å². The molecule has 0 aliphatic rings. The van der Waals surface area contributed by atoms with Crippen LogP contribution < -0.4 is 5.32 Å². The molecular weight excluding hydrogens is 351 g/mol. The third-order valence-corrected chi connectivity index (χ3v) is 4.94. The molecule has 3 rings (SSSR count). The van der Waals surface area contributed by atoms with Crippen molar-refractivity contribution in [3.63, 3.8) is 0 Å². The summed E-state index contributed by atoms with van der Waals surface area (Å²) < 4.78 is 13.1. The molecule has 0 fully saturated rings. The zero-order valence-corrected chi connectivity index (χ0v) is 16.2. The Morgan fingerprint density at radius 3 is 1.89 bits per heavy atom. The van der Waals surface area contributed by atoms with Gasteiger partial charge in [-0.2, -0.15) is 0 Å². The van der Waals surface area contributed by atoms with Crippen molar-refractivity contribution in [3.05, 3.63) is 107 Å². The summed E-state index contributed by atoms with van der Waals surface area (Å²) in [7, 11) is 1.90. The second-order valence-electron chi connectivity index (χ2n) is 6.98. The minimum Gasteiger partial charge on any atom is -0.344 e. The second-order valence-corrected chi connectivity index (χ2v) is 6.98. The molecule has 0 saturated heterocycles. The van der Waals surface area contributed by atoms with Gasteiger partial charge in [-0.05, 0) is 42.8 Å².